The van der Waals surface area contributed by atoms with E-state index >= 15 is 0 Å². The summed E-state index contributed by atoms with van der Waals surface area (Å²) in [6.07, 6.45) is 1.32. The Morgan fingerprint density at radius 3 is 2.71 bits per heavy atom. The first-order valence-corrected chi connectivity index (χ1v) is 7.46. The fourth-order valence-electron chi connectivity index (χ4n) is 3.38. The van der Waals surface area contributed by atoms with E-state index in [1.165, 1.54) is 5.56 Å². The highest BCUT2D eigenvalue weighted by Gasteiger charge is 2.52. The van der Waals surface area contributed by atoms with Crippen LogP contribution in [0.4, 0.5) is 11.4 Å². The van der Waals surface area contributed by atoms with E-state index in [9.17, 15) is 4.79 Å². The smallest absolute Gasteiger partial charge is 0.229 e. The van der Waals surface area contributed by atoms with Gasteiger partial charge >= 0.3 is 0 Å². The van der Waals surface area contributed by atoms with E-state index in [4.69, 9.17) is 11.6 Å². The zero-order chi connectivity index (χ0) is 14.6. The first-order valence-electron chi connectivity index (χ1n) is 7.08. The Kier molecular flexibility index (Phi) is 2.57. The summed E-state index contributed by atoms with van der Waals surface area (Å²) in [4.78, 5) is 14.3. The molecule has 0 saturated carbocycles. The van der Waals surface area contributed by atoms with Gasteiger partial charge in [-0.3, -0.25) is 9.69 Å². The Morgan fingerprint density at radius 2 is 1.95 bits per heavy atom. The molecule has 2 aromatic carbocycles. The predicted molar refractivity (Wildman–Crippen MR) is 84.7 cm³/mol. The van der Waals surface area contributed by atoms with Crippen LogP contribution in [0.25, 0.3) is 0 Å². The van der Waals surface area contributed by atoms with Crippen molar-refractivity contribution in [3.63, 3.8) is 0 Å². The van der Waals surface area contributed by atoms with E-state index in [0.29, 0.717) is 11.4 Å². The number of hydrogen-bond acceptors (Lipinski definition) is 2. The third-order valence-electron chi connectivity index (χ3n) is 4.40. The molecular formula is C17H15ClN2O. The summed E-state index contributed by atoms with van der Waals surface area (Å²) in [5, 5.41) is 4.21. The number of aryl methyl sites for hydroxylation is 1. The van der Waals surface area contributed by atoms with E-state index in [0.717, 1.165) is 23.4 Å². The lowest BCUT2D eigenvalue weighted by Crippen LogP contribution is -2.44. The minimum atomic E-state index is -0.461. The molecule has 1 amide bonds. The van der Waals surface area contributed by atoms with Crippen LogP contribution in [0.3, 0.4) is 0 Å². The van der Waals surface area contributed by atoms with Crippen molar-refractivity contribution in [2.45, 2.75) is 25.4 Å². The van der Waals surface area contributed by atoms with Crippen LogP contribution < -0.4 is 10.2 Å². The van der Waals surface area contributed by atoms with Crippen LogP contribution in [0, 0.1) is 6.92 Å². The second kappa shape index (κ2) is 4.25. The van der Waals surface area contributed by atoms with Crippen molar-refractivity contribution in [3.8, 4) is 0 Å². The molecule has 21 heavy (non-hydrogen) atoms. The maximum Gasteiger partial charge on any atom is 0.229 e. The molecule has 2 heterocycles. The van der Waals surface area contributed by atoms with Gasteiger partial charge < -0.3 is 5.32 Å². The summed E-state index contributed by atoms with van der Waals surface area (Å²) in [6.45, 7) is 2.07. The van der Waals surface area contributed by atoms with E-state index < -0.39 is 5.66 Å². The molecule has 1 saturated heterocycles. The van der Waals surface area contributed by atoms with Crippen molar-refractivity contribution in [2.24, 2.45) is 0 Å². The Bertz CT molecular complexity index is 741. The maximum atomic E-state index is 12.4. The molecular weight excluding hydrogens is 284 g/mol. The minimum Gasteiger partial charge on any atom is -0.357 e. The molecule has 3 nitrogen and oxygen atoms in total. The number of nitrogens with one attached hydrogen (secondary N) is 1. The molecule has 0 radical (unpaired) electrons. The molecule has 1 fully saturated rings. The van der Waals surface area contributed by atoms with E-state index in [1.54, 1.807) is 0 Å². The Labute approximate surface area is 128 Å². The molecule has 2 aliphatic rings. The molecule has 0 aliphatic carbocycles. The maximum absolute atomic E-state index is 12.4. The molecule has 0 bridgehead atoms. The average Bonchev–Trinajstić information content (AvgIpc) is 2.95. The van der Waals surface area contributed by atoms with Crippen LogP contribution in [0.1, 0.15) is 24.0 Å². The van der Waals surface area contributed by atoms with Crippen molar-refractivity contribution >= 4 is 28.9 Å². The van der Waals surface area contributed by atoms with Crippen LogP contribution >= 0.6 is 11.6 Å². The SMILES string of the molecule is Cc1ccc([C@@]23CCC(=O)N2c2ccc(Cl)cc2N3)cc1. The van der Waals surface area contributed by atoms with Crippen molar-refractivity contribution in [3.05, 3.63) is 58.6 Å². The number of halogens is 1. The Morgan fingerprint density at radius 1 is 1.19 bits per heavy atom. The highest BCUT2D eigenvalue weighted by molar-refractivity contribution is 6.31. The lowest BCUT2D eigenvalue weighted by atomic mass is 9.96. The van der Waals surface area contributed by atoms with Crippen LogP contribution in [0.5, 0.6) is 0 Å². The van der Waals surface area contributed by atoms with Crippen molar-refractivity contribution < 1.29 is 4.79 Å². The topological polar surface area (TPSA) is 32.3 Å². The zero-order valence-electron chi connectivity index (χ0n) is 11.7. The number of carbonyl (C=O) groups is 1. The van der Waals surface area contributed by atoms with Crippen LogP contribution in [0.15, 0.2) is 42.5 Å². The van der Waals surface area contributed by atoms with Crippen molar-refractivity contribution in [1.29, 1.82) is 0 Å². The fourth-order valence-corrected chi connectivity index (χ4v) is 3.56. The normalized spacial score (nSPS) is 23.0. The van der Waals surface area contributed by atoms with Gasteiger partial charge in [0.25, 0.3) is 0 Å². The lowest BCUT2D eigenvalue weighted by molar-refractivity contribution is -0.117. The second-order valence-corrected chi connectivity index (χ2v) is 6.18. The first kappa shape index (κ1) is 12.7. The van der Waals surface area contributed by atoms with E-state index in [2.05, 4.69) is 36.5 Å². The predicted octanol–water partition coefficient (Wildman–Crippen LogP) is 4.05. The van der Waals surface area contributed by atoms with Crippen LogP contribution in [0.2, 0.25) is 5.02 Å². The highest BCUT2D eigenvalue weighted by Crippen LogP contribution is 2.51. The summed E-state index contributed by atoms with van der Waals surface area (Å²) in [5.41, 5.74) is 3.71. The number of carbonyl (C=O) groups excluding carboxylic acids is 1. The fraction of sp³-hybridized carbons (Fsp3) is 0.235. The largest absolute Gasteiger partial charge is 0.357 e. The minimum absolute atomic E-state index is 0.157. The van der Waals surface area contributed by atoms with Crippen molar-refractivity contribution in [2.75, 3.05) is 10.2 Å². The average molecular weight is 299 g/mol. The quantitative estimate of drug-likeness (QED) is 0.861. The number of hydrogen-bond donors (Lipinski definition) is 1. The molecule has 1 N–H and O–H groups in total. The molecule has 106 valence electrons. The van der Waals surface area contributed by atoms with Gasteiger partial charge in [-0.05, 0) is 30.7 Å². The Hall–Kier alpha value is -2.00. The van der Waals surface area contributed by atoms with Gasteiger partial charge in [-0.2, -0.15) is 0 Å². The molecule has 0 unspecified atom stereocenters. The number of amides is 1. The van der Waals surface area contributed by atoms with Gasteiger partial charge in [0.05, 0.1) is 11.4 Å². The number of benzene rings is 2. The van der Waals surface area contributed by atoms with Gasteiger partial charge in [0.2, 0.25) is 5.91 Å². The second-order valence-electron chi connectivity index (χ2n) is 5.74. The highest BCUT2D eigenvalue weighted by atomic mass is 35.5. The van der Waals surface area contributed by atoms with Gasteiger partial charge in [0.1, 0.15) is 5.66 Å². The Balaban J connectivity index is 1.89. The molecule has 0 aromatic heterocycles. The van der Waals surface area contributed by atoms with Crippen molar-refractivity contribution in [1.82, 2.24) is 0 Å². The molecule has 4 rings (SSSR count). The number of rotatable bonds is 1. The number of fused-ring (bicyclic) bond motifs is 3. The zero-order valence-corrected chi connectivity index (χ0v) is 12.4. The number of anilines is 2. The van der Waals surface area contributed by atoms with Gasteiger partial charge in [-0.1, -0.05) is 41.4 Å². The third-order valence-corrected chi connectivity index (χ3v) is 4.64. The summed E-state index contributed by atoms with van der Waals surface area (Å²) >= 11 is 6.09. The standard InChI is InChI=1S/C17H15ClN2O/c1-11-2-4-12(5-3-11)17-9-8-16(21)20(17)15-7-6-13(18)10-14(15)19-17/h2-7,10,19H,8-9H2,1H3/t17-/m1/s1. The molecule has 4 heteroatoms. The summed E-state index contributed by atoms with van der Waals surface area (Å²) in [7, 11) is 0. The van der Waals surface area contributed by atoms with Gasteiger partial charge in [-0.15, -0.1) is 0 Å². The first-order chi connectivity index (χ1) is 10.1. The molecule has 2 aromatic rings. The summed E-state index contributed by atoms with van der Waals surface area (Å²) < 4.78 is 0. The van der Waals surface area contributed by atoms with Gasteiger partial charge in [0, 0.05) is 17.9 Å². The van der Waals surface area contributed by atoms with Crippen LogP contribution in [-0.4, -0.2) is 5.91 Å². The van der Waals surface area contributed by atoms with Gasteiger partial charge in [-0.25, -0.2) is 0 Å². The molecule has 1 atom stereocenters. The van der Waals surface area contributed by atoms with E-state index in [1.807, 2.05) is 23.1 Å². The van der Waals surface area contributed by atoms with E-state index in [-0.39, 0.29) is 5.91 Å². The number of nitrogens with zero attached hydrogens (tertiary/aromatic N) is 1. The summed E-state index contributed by atoms with van der Waals surface area (Å²) in [6, 6.07) is 14.0. The monoisotopic (exact) mass is 298 g/mol. The van der Waals surface area contributed by atoms with Gasteiger partial charge in [0.15, 0.2) is 0 Å². The third kappa shape index (κ3) is 1.70. The van der Waals surface area contributed by atoms with Crippen LogP contribution in [-0.2, 0) is 10.5 Å². The molecule has 0 spiro atoms. The lowest BCUT2D eigenvalue weighted by Gasteiger charge is -2.33. The summed E-state index contributed by atoms with van der Waals surface area (Å²) in [5.74, 6) is 0.157. The molecule has 2 aliphatic heterocycles.